The molecule has 1 aromatic heterocycles. The van der Waals surface area contributed by atoms with Gasteiger partial charge in [-0.15, -0.1) is 11.8 Å². The molecule has 4 rings (SSSR count). The number of nitrogens with zero attached hydrogens (tertiary/aromatic N) is 2. The second kappa shape index (κ2) is 9.23. The van der Waals surface area contributed by atoms with Crippen molar-refractivity contribution in [3.8, 4) is 11.4 Å². The molecule has 2 aliphatic rings. The van der Waals surface area contributed by atoms with Crippen LogP contribution in [0.3, 0.4) is 0 Å². The Morgan fingerprint density at radius 3 is 3.17 bits per heavy atom. The molecule has 29 heavy (non-hydrogen) atoms. The van der Waals surface area contributed by atoms with Crippen molar-refractivity contribution in [2.75, 3.05) is 31.8 Å². The number of nitrogens with one attached hydrogen (secondary N) is 1. The number of rotatable bonds is 7. The van der Waals surface area contributed by atoms with E-state index in [1.54, 1.807) is 17.7 Å². The largest absolute Gasteiger partial charge is 0.497 e. The number of aryl methyl sites for hydroxylation is 1. The van der Waals surface area contributed by atoms with E-state index in [0.29, 0.717) is 28.0 Å². The highest BCUT2D eigenvalue weighted by atomic mass is 32.2. The van der Waals surface area contributed by atoms with Crippen molar-refractivity contribution >= 4 is 29.4 Å². The first kappa shape index (κ1) is 20.3. The summed E-state index contributed by atoms with van der Waals surface area (Å²) in [7, 11) is 1.59. The van der Waals surface area contributed by atoms with E-state index in [4.69, 9.17) is 14.5 Å². The summed E-state index contributed by atoms with van der Waals surface area (Å²) in [5, 5.41) is 3.44. The van der Waals surface area contributed by atoms with E-state index in [9.17, 15) is 9.59 Å². The van der Waals surface area contributed by atoms with Crippen LogP contribution in [0, 0.1) is 0 Å². The molecule has 0 aliphatic carbocycles. The molecule has 2 aliphatic heterocycles. The summed E-state index contributed by atoms with van der Waals surface area (Å²) in [5.74, 6) is 1.61. The predicted molar refractivity (Wildman–Crippen MR) is 114 cm³/mol. The Morgan fingerprint density at radius 1 is 1.48 bits per heavy atom. The number of ether oxygens (including phenoxy) is 2. The minimum atomic E-state index is -0.0909. The van der Waals surface area contributed by atoms with Crippen LogP contribution >= 0.6 is 23.5 Å². The van der Waals surface area contributed by atoms with Crippen molar-refractivity contribution in [3.05, 3.63) is 40.3 Å². The average molecular weight is 434 g/mol. The van der Waals surface area contributed by atoms with Crippen LogP contribution in [0.1, 0.15) is 18.5 Å². The smallest absolute Gasteiger partial charge is 0.272 e. The van der Waals surface area contributed by atoms with E-state index in [2.05, 4.69) is 5.32 Å². The molecule has 0 bridgehead atoms. The lowest BCUT2D eigenvalue weighted by Gasteiger charge is -2.15. The molecule has 1 aromatic carbocycles. The van der Waals surface area contributed by atoms with Crippen LogP contribution in [0.5, 0.6) is 5.75 Å². The fourth-order valence-corrected chi connectivity index (χ4v) is 5.26. The molecular weight excluding hydrogens is 410 g/mol. The second-order valence-electron chi connectivity index (χ2n) is 6.84. The maximum atomic E-state index is 13.2. The zero-order chi connectivity index (χ0) is 20.2. The third kappa shape index (κ3) is 4.62. The van der Waals surface area contributed by atoms with Gasteiger partial charge in [0.05, 0.1) is 35.2 Å². The number of carbonyl (C=O) groups excluding carboxylic acids is 1. The van der Waals surface area contributed by atoms with Crippen LogP contribution in [-0.2, 0) is 16.0 Å². The molecule has 1 N–H and O–H groups in total. The molecule has 1 saturated heterocycles. The van der Waals surface area contributed by atoms with Crippen molar-refractivity contribution in [1.82, 2.24) is 14.9 Å². The molecule has 2 aromatic rings. The topological polar surface area (TPSA) is 82.4 Å². The number of thioether (sulfide) groups is 2. The van der Waals surface area contributed by atoms with Crippen LogP contribution in [0.2, 0.25) is 0 Å². The number of hydrogen-bond donors (Lipinski definition) is 1. The fourth-order valence-electron chi connectivity index (χ4n) is 3.38. The summed E-state index contributed by atoms with van der Waals surface area (Å²) in [6.07, 6.45) is 2.90. The van der Waals surface area contributed by atoms with Crippen LogP contribution in [0.4, 0.5) is 0 Å². The Hall–Kier alpha value is -1.97. The van der Waals surface area contributed by atoms with E-state index in [1.807, 2.05) is 18.2 Å². The van der Waals surface area contributed by atoms with Gasteiger partial charge in [-0.25, -0.2) is 4.98 Å². The fraction of sp³-hybridized carbons (Fsp3) is 0.450. The van der Waals surface area contributed by atoms with Gasteiger partial charge < -0.3 is 14.8 Å². The lowest BCUT2D eigenvalue weighted by Crippen LogP contribution is -2.33. The number of carbonyl (C=O) groups is 1. The van der Waals surface area contributed by atoms with E-state index in [0.717, 1.165) is 37.3 Å². The minimum Gasteiger partial charge on any atom is -0.497 e. The van der Waals surface area contributed by atoms with Crippen LogP contribution < -0.4 is 15.6 Å². The first-order chi connectivity index (χ1) is 14.2. The van der Waals surface area contributed by atoms with Crippen molar-refractivity contribution in [2.24, 2.45) is 0 Å². The molecule has 0 spiro atoms. The van der Waals surface area contributed by atoms with E-state index >= 15 is 0 Å². The molecule has 0 radical (unpaired) electrons. The first-order valence-corrected chi connectivity index (χ1v) is 11.6. The summed E-state index contributed by atoms with van der Waals surface area (Å²) in [5.41, 5.74) is 1.41. The van der Waals surface area contributed by atoms with E-state index < -0.39 is 0 Å². The molecule has 1 fully saturated rings. The Labute approximate surface area is 177 Å². The normalized spacial score (nSPS) is 17.9. The zero-order valence-corrected chi connectivity index (χ0v) is 17.8. The quantitative estimate of drug-likeness (QED) is 0.530. The zero-order valence-electron chi connectivity index (χ0n) is 16.2. The molecule has 7 nitrogen and oxygen atoms in total. The van der Waals surface area contributed by atoms with E-state index in [-0.39, 0.29) is 23.3 Å². The van der Waals surface area contributed by atoms with Gasteiger partial charge in [0.2, 0.25) is 5.91 Å². The minimum absolute atomic E-state index is 0.0898. The summed E-state index contributed by atoms with van der Waals surface area (Å²) in [6, 6.07) is 7.31. The maximum absolute atomic E-state index is 13.2. The third-order valence-corrected chi connectivity index (χ3v) is 6.91. The Morgan fingerprint density at radius 2 is 2.38 bits per heavy atom. The first-order valence-electron chi connectivity index (χ1n) is 9.60. The summed E-state index contributed by atoms with van der Waals surface area (Å²) in [4.78, 5) is 30.9. The van der Waals surface area contributed by atoms with Gasteiger partial charge in [0, 0.05) is 31.4 Å². The number of methoxy groups -OCH3 is 1. The molecule has 0 saturated carbocycles. The van der Waals surface area contributed by atoms with Crippen molar-refractivity contribution in [2.45, 2.75) is 35.4 Å². The Kier molecular flexibility index (Phi) is 6.46. The predicted octanol–water partition coefficient (Wildman–Crippen LogP) is 2.28. The van der Waals surface area contributed by atoms with Gasteiger partial charge in [-0.1, -0.05) is 17.8 Å². The maximum Gasteiger partial charge on any atom is 0.272 e. The highest BCUT2D eigenvalue weighted by Gasteiger charge is 2.23. The number of amides is 1. The van der Waals surface area contributed by atoms with Gasteiger partial charge >= 0.3 is 0 Å². The Balaban J connectivity index is 1.56. The third-order valence-electron chi connectivity index (χ3n) is 4.86. The average Bonchev–Trinajstić information content (AvgIpc) is 3.42. The lowest BCUT2D eigenvalue weighted by molar-refractivity contribution is -0.119. The number of benzene rings is 1. The molecule has 1 amide bonds. The standard InChI is InChI=1S/C20H23N3O4S2/c1-26-14-5-2-4-13(10-14)23-19(25)18-16(7-9-28-18)22-20(23)29-12-17(24)21-11-15-6-3-8-27-15/h2,4-5,10,15H,3,6-9,11-12H2,1H3,(H,21,24)/t15-/m0/s1. The molecule has 1 atom stereocenters. The van der Waals surface area contributed by atoms with Crippen LogP contribution in [0.25, 0.3) is 5.69 Å². The molecule has 0 unspecified atom stereocenters. The monoisotopic (exact) mass is 433 g/mol. The highest BCUT2D eigenvalue weighted by molar-refractivity contribution is 8.00. The molecule has 9 heteroatoms. The van der Waals surface area contributed by atoms with Crippen LogP contribution in [0.15, 0.2) is 39.1 Å². The molecule has 154 valence electrons. The van der Waals surface area contributed by atoms with Gasteiger partial charge in [-0.2, -0.15) is 0 Å². The number of aromatic nitrogens is 2. The van der Waals surface area contributed by atoms with Gasteiger partial charge in [-0.05, 0) is 25.0 Å². The van der Waals surface area contributed by atoms with Crippen molar-refractivity contribution in [3.63, 3.8) is 0 Å². The second-order valence-corrected chi connectivity index (χ2v) is 8.89. The highest BCUT2D eigenvalue weighted by Crippen LogP contribution is 2.30. The van der Waals surface area contributed by atoms with Crippen molar-refractivity contribution < 1.29 is 14.3 Å². The summed E-state index contributed by atoms with van der Waals surface area (Å²) >= 11 is 2.81. The van der Waals surface area contributed by atoms with E-state index in [1.165, 1.54) is 23.5 Å². The van der Waals surface area contributed by atoms with Crippen LogP contribution in [-0.4, -0.2) is 53.3 Å². The molecule has 3 heterocycles. The summed E-state index contributed by atoms with van der Waals surface area (Å²) < 4.78 is 12.4. The van der Waals surface area contributed by atoms with Gasteiger partial charge in [0.1, 0.15) is 5.75 Å². The number of hydrogen-bond acceptors (Lipinski definition) is 7. The lowest BCUT2D eigenvalue weighted by atomic mass is 10.2. The van der Waals surface area contributed by atoms with Gasteiger partial charge in [0.25, 0.3) is 5.56 Å². The number of fused-ring (bicyclic) bond motifs is 1. The van der Waals surface area contributed by atoms with Crippen molar-refractivity contribution in [1.29, 1.82) is 0 Å². The SMILES string of the molecule is COc1cccc(-n2c(SCC(=O)NC[C@@H]3CCCO3)nc3c(c2=O)SCC3)c1. The van der Waals surface area contributed by atoms with Gasteiger partial charge in [-0.3, -0.25) is 14.2 Å². The summed E-state index contributed by atoms with van der Waals surface area (Å²) in [6.45, 7) is 1.29. The van der Waals surface area contributed by atoms with Gasteiger partial charge in [0.15, 0.2) is 5.16 Å². The molecular formula is C20H23N3O4S2. The Bertz CT molecular complexity index is 957.